The molecule has 0 spiro atoms. The highest BCUT2D eigenvalue weighted by molar-refractivity contribution is 7.98. The highest BCUT2D eigenvalue weighted by Gasteiger charge is 2.09. The van der Waals surface area contributed by atoms with Crippen LogP contribution in [0.4, 0.5) is 0 Å². The van der Waals surface area contributed by atoms with E-state index in [0.717, 1.165) is 0 Å². The number of ketones is 1. The number of rotatable bonds is 6. The lowest BCUT2D eigenvalue weighted by Gasteiger charge is -2.00. The molecule has 9 heteroatoms. The van der Waals surface area contributed by atoms with E-state index >= 15 is 0 Å². The van der Waals surface area contributed by atoms with Crippen molar-refractivity contribution in [1.29, 1.82) is 0 Å². The van der Waals surface area contributed by atoms with E-state index in [1.165, 1.54) is 30.1 Å². The van der Waals surface area contributed by atoms with Gasteiger partial charge >= 0.3 is 5.97 Å². The summed E-state index contributed by atoms with van der Waals surface area (Å²) in [5.41, 5.74) is 0.231. The molecule has 0 radical (unpaired) electrons. The van der Waals surface area contributed by atoms with Gasteiger partial charge in [-0.3, -0.25) is 19.4 Å². The lowest BCUT2D eigenvalue weighted by Crippen LogP contribution is -2.12. The molecule has 0 fully saturated rings. The third-order valence-corrected chi connectivity index (χ3v) is 3.25. The van der Waals surface area contributed by atoms with Crippen molar-refractivity contribution in [3.05, 3.63) is 28.3 Å². The number of esters is 1. The van der Waals surface area contributed by atoms with Crippen molar-refractivity contribution in [2.75, 3.05) is 12.9 Å². The van der Waals surface area contributed by atoms with Gasteiger partial charge in [-0.2, -0.15) is 0 Å². The van der Waals surface area contributed by atoms with Gasteiger partial charge in [-0.1, -0.05) is 11.8 Å². The number of nitrogens with zero attached hydrogens (tertiary/aromatic N) is 3. The Hall–Kier alpha value is -2.55. The molecule has 0 saturated heterocycles. The van der Waals surface area contributed by atoms with Gasteiger partial charge in [0.15, 0.2) is 22.1 Å². The van der Waals surface area contributed by atoms with Crippen LogP contribution in [0, 0.1) is 0 Å². The Morgan fingerprint density at radius 1 is 1.39 bits per heavy atom. The van der Waals surface area contributed by atoms with Crippen LogP contribution in [0.1, 0.15) is 19.0 Å². The van der Waals surface area contributed by atoms with E-state index < -0.39 is 17.3 Å². The van der Waals surface area contributed by atoms with Gasteiger partial charge < -0.3 is 4.74 Å². The quantitative estimate of drug-likeness (QED) is 0.273. The summed E-state index contributed by atoms with van der Waals surface area (Å²) in [6.45, 7) is 1.89. The number of hydrogen-bond acceptors (Lipinski definition) is 8. The van der Waals surface area contributed by atoms with Crippen molar-refractivity contribution >= 4 is 40.8 Å². The summed E-state index contributed by atoms with van der Waals surface area (Å²) >= 11 is 1.29. The Morgan fingerprint density at radius 3 is 2.87 bits per heavy atom. The zero-order valence-corrected chi connectivity index (χ0v) is 13.3. The molecule has 2 aromatic heterocycles. The molecule has 2 aromatic rings. The number of carbonyl (C=O) groups is 2. The number of H-pyrrole nitrogens is 1. The van der Waals surface area contributed by atoms with Gasteiger partial charge in [0.05, 0.1) is 18.5 Å². The van der Waals surface area contributed by atoms with Crippen LogP contribution < -0.4 is 5.56 Å². The number of allylic oxidation sites excluding steroid dienone is 1. The van der Waals surface area contributed by atoms with Crippen molar-refractivity contribution in [3.63, 3.8) is 0 Å². The first kappa shape index (κ1) is 16.8. The van der Waals surface area contributed by atoms with E-state index in [1.54, 1.807) is 13.2 Å². The van der Waals surface area contributed by atoms with Crippen LogP contribution in [-0.4, -0.2) is 44.6 Å². The number of thioether (sulfide) groups is 1. The molecule has 0 amide bonds. The molecule has 2 heterocycles. The van der Waals surface area contributed by atoms with Crippen LogP contribution in [0.25, 0.3) is 17.2 Å². The number of hydrogen-bond donors (Lipinski definition) is 1. The summed E-state index contributed by atoms with van der Waals surface area (Å²) in [7, 11) is 0. The van der Waals surface area contributed by atoms with Crippen LogP contribution in [-0.2, 0) is 14.3 Å². The predicted molar refractivity (Wildman–Crippen MR) is 85.0 cm³/mol. The van der Waals surface area contributed by atoms with Gasteiger partial charge in [0, 0.05) is 0 Å². The molecule has 0 aliphatic rings. The van der Waals surface area contributed by atoms with Gasteiger partial charge in [-0.05, 0) is 25.3 Å². The van der Waals surface area contributed by atoms with Gasteiger partial charge in [0.1, 0.15) is 6.42 Å². The molecule has 0 aromatic carbocycles. The molecule has 8 nitrogen and oxygen atoms in total. The van der Waals surface area contributed by atoms with Crippen LogP contribution in [0.3, 0.4) is 0 Å². The summed E-state index contributed by atoms with van der Waals surface area (Å²) in [6, 6.07) is 0. The second-order valence-corrected chi connectivity index (χ2v) is 5.12. The van der Waals surface area contributed by atoms with Crippen LogP contribution in [0.15, 0.2) is 22.2 Å². The van der Waals surface area contributed by atoms with Gasteiger partial charge in [0.25, 0.3) is 5.56 Å². The van der Waals surface area contributed by atoms with Crippen molar-refractivity contribution in [3.8, 4) is 0 Å². The molecule has 23 heavy (non-hydrogen) atoms. The second-order valence-electron chi connectivity index (χ2n) is 4.32. The van der Waals surface area contributed by atoms with E-state index in [2.05, 4.69) is 24.7 Å². The van der Waals surface area contributed by atoms with E-state index in [4.69, 9.17) is 0 Å². The zero-order chi connectivity index (χ0) is 16.8. The largest absolute Gasteiger partial charge is 0.466 e. The first-order valence-electron chi connectivity index (χ1n) is 6.71. The first-order chi connectivity index (χ1) is 11.0. The van der Waals surface area contributed by atoms with Gasteiger partial charge in [-0.15, -0.1) is 0 Å². The van der Waals surface area contributed by atoms with Crippen molar-refractivity contribution in [1.82, 2.24) is 19.9 Å². The summed E-state index contributed by atoms with van der Waals surface area (Å²) < 4.78 is 4.68. The minimum atomic E-state index is -0.586. The molecule has 0 aliphatic heterocycles. The minimum absolute atomic E-state index is 0.0859. The van der Waals surface area contributed by atoms with Crippen molar-refractivity contribution in [2.45, 2.75) is 18.5 Å². The Bertz CT molecular complexity index is 831. The molecule has 0 atom stereocenters. The molecular weight excluding hydrogens is 320 g/mol. The smallest absolute Gasteiger partial charge is 0.313 e. The Morgan fingerprint density at radius 2 is 2.17 bits per heavy atom. The number of fused-ring (bicyclic) bond motifs is 1. The maximum atomic E-state index is 11.9. The highest BCUT2D eigenvalue weighted by atomic mass is 32.2. The zero-order valence-electron chi connectivity index (χ0n) is 12.5. The number of carbonyl (C=O) groups excluding carboxylic acids is 2. The average Bonchev–Trinajstić information content (AvgIpc) is 2.53. The predicted octanol–water partition coefficient (Wildman–Crippen LogP) is 0.970. The maximum absolute atomic E-state index is 11.9. The molecule has 0 saturated carbocycles. The molecule has 0 bridgehead atoms. The van der Waals surface area contributed by atoms with Crippen molar-refractivity contribution in [2.24, 2.45) is 0 Å². The SMILES string of the molecule is CCOC(=O)CC(=O)/C=C/c1cnc2nc(SC)[nH]c(=O)c2n1. The van der Waals surface area contributed by atoms with Crippen molar-refractivity contribution < 1.29 is 14.3 Å². The average molecular weight is 334 g/mol. The topological polar surface area (TPSA) is 115 Å². The fourth-order valence-electron chi connectivity index (χ4n) is 1.68. The van der Waals surface area contributed by atoms with E-state index in [1.807, 2.05) is 0 Å². The number of aromatic amines is 1. The van der Waals surface area contributed by atoms with Gasteiger partial charge in [-0.25, -0.2) is 15.0 Å². The van der Waals surface area contributed by atoms with E-state index in [9.17, 15) is 14.4 Å². The van der Waals surface area contributed by atoms with E-state index in [0.29, 0.717) is 10.9 Å². The normalized spacial score (nSPS) is 11.0. The Labute approximate surface area is 135 Å². The standard InChI is InChI=1S/C14H14N4O4S/c1-3-22-10(20)6-9(19)5-4-8-7-15-12-11(16-8)13(21)18-14(17-12)23-2/h4-5,7H,3,6H2,1-2H3,(H,15,17,18,21)/b5-4+. The summed E-state index contributed by atoms with van der Waals surface area (Å²) in [5, 5.41) is 0.449. The fourth-order valence-corrected chi connectivity index (χ4v) is 2.05. The van der Waals surface area contributed by atoms with Crippen LogP contribution in [0.5, 0.6) is 0 Å². The monoisotopic (exact) mass is 334 g/mol. The molecule has 0 aliphatic carbocycles. The molecule has 2 rings (SSSR count). The molecule has 120 valence electrons. The highest BCUT2D eigenvalue weighted by Crippen LogP contribution is 2.09. The van der Waals surface area contributed by atoms with Crippen LogP contribution in [0.2, 0.25) is 0 Å². The summed E-state index contributed by atoms with van der Waals surface area (Å²) in [5.74, 6) is -1.01. The maximum Gasteiger partial charge on any atom is 0.313 e. The molecular formula is C14H14N4O4S. The second kappa shape index (κ2) is 7.63. The Kier molecular flexibility index (Phi) is 5.58. The molecule has 0 unspecified atom stereocenters. The Balaban J connectivity index is 2.19. The first-order valence-corrected chi connectivity index (χ1v) is 7.93. The number of nitrogens with one attached hydrogen (secondary N) is 1. The third-order valence-electron chi connectivity index (χ3n) is 2.67. The minimum Gasteiger partial charge on any atom is -0.466 e. The van der Waals surface area contributed by atoms with Crippen LogP contribution >= 0.6 is 11.8 Å². The lowest BCUT2D eigenvalue weighted by molar-refractivity contribution is -0.144. The van der Waals surface area contributed by atoms with E-state index in [-0.39, 0.29) is 24.2 Å². The number of ether oxygens (including phenoxy) is 1. The summed E-state index contributed by atoms with van der Waals surface area (Å²) in [6.07, 6.45) is 5.42. The number of aromatic nitrogens is 4. The summed E-state index contributed by atoms with van der Waals surface area (Å²) in [4.78, 5) is 49.6. The third kappa shape index (κ3) is 4.46. The fraction of sp³-hybridized carbons (Fsp3) is 0.286. The lowest BCUT2D eigenvalue weighted by atomic mass is 10.2. The van der Waals surface area contributed by atoms with Gasteiger partial charge in [0.2, 0.25) is 0 Å². The molecule has 1 N–H and O–H groups in total.